The number of hydrogen-bond acceptors (Lipinski definition) is 5. The van der Waals surface area contributed by atoms with Gasteiger partial charge in [0.15, 0.2) is 5.96 Å². The number of guanidine groups is 1. The lowest BCUT2D eigenvalue weighted by atomic mass is 10.0. The minimum absolute atomic E-state index is 0. The molecule has 0 saturated carbocycles. The van der Waals surface area contributed by atoms with E-state index in [-0.39, 0.29) is 30.0 Å². The van der Waals surface area contributed by atoms with E-state index in [1.807, 2.05) is 12.1 Å². The van der Waals surface area contributed by atoms with Crippen LogP contribution in [0.2, 0.25) is 0 Å². The Balaban J connectivity index is 0.00000320. The van der Waals surface area contributed by atoms with Crippen LogP contribution < -0.4 is 15.8 Å². The number of aliphatic imine (C=N–C) groups is 1. The molecule has 8 heteroatoms. The summed E-state index contributed by atoms with van der Waals surface area (Å²) in [6.45, 7) is 8.61. The van der Waals surface area contributed by atoms with E-state index in [0.717, 1.165) is 64.7 Å². The van der Waals surface area contributed by atoms with Gasteiger partial charge in [0.1, 0.15) is 5.75 Å². The molecule has 7 nitrogen and oxygen atoms in total. The average Bonchev–Trinajstić information content (AvgIpc) is 2.79. The Morgan fingerprint density at radius 3 is 2.50 bits per heavy atom. The zero-order valence-corrected chi connectivity index (χ0v) is 20.6. The van der Waals surface area contributed by atoms with Crippen LogP contribution in [0.15, 0.2) is 29.3 Å². The first-order valence-electron chi connectivity index (χ1n) is 11.0. The minimum Gasteiger partial charge on any atom is -0.497 e. The molecule has 1 aromatic carbocycles. The van der Waals surface area contributed by atoms with Crippen LogP contribution >= 0.6 is 24.0 Å². The van der Waals surface area contributed by atoms with Crippen LogP contribution in [-0.4, -0.2) is 81.9 Å². The SMILES string of the molecule is COc1ccc(C(CN=C(N)NCCCN2CCOCC2)N2CCCCC2)cc1.I. The molecule has 2 aliphatic rings. The predicted molar refractivity (Wildman–Crippen MR) is 133 cm³/mol. The van der Waals surface area contributed by atoms with Crippen molar-refractivity contribution in [2.24, 2.45) is 10.7 Å². The maximum Gasteiger partial charge on any atom is 0.188 e. The predicted octanol–water partition coefficient (Wildman–Crippen LogP) is 2.47. The second-order valence-corrected chi connectivity index (χ2v) is 7.85. The summed E-state index contributed by atoms with van der Waals surface area (Å²) >= 11 is 0. The molecule has 1 unspecified atom stereocenters. The second kappa shape index (κ2) is 14.1. The van der Waals surface area contributed by atoms with Crippen LogP contribution in [0.3, 0.4) is 0 Å². The molecule has 0 aliphatic carbocycles. The van der Waals surface area contributed by atoms with Crippen molar-refractivity contribution in [3.05, 3.63) is 29.8 Å². The van der Waals surface area contributed by atoms with Crippen molar-refractivity contribution in [1.82, 2.24) is 15.1 Å². The molecular weight excluding hydrogens is 493 g/mol. The summed E-state index contributed by atoms with van der Waals surface area (Å²) in [5.41, 5.74) is 7.44. The van der Waals surface area contributed by atoms with E-state index in [2.05, 4.69) is 32.2 Å². The van der Waals surface area contributed by atoms with E-state index < -0.39 is 0 Å². The Morgan fingerprint density at radius 2 is 1.83 bits per heavy atom. The lowest BCUT2D eigenvalue weighted by Gasteiger charge is -2.34. The van der Waals surface area contributed by atoms with Gasteiger partial charge in [-0.05, 0) is 56.6 Å². The highest BCUT2D eigenvalue weighted by atomic mass is 127. The fourth-order valence-electron chi connectivity index (χ4n) is 4.07. The van der Waals surface area contributed by atoms with Crippen LogP contribution in [0.4, 0.5) is 0 Å². The quantitative estimate of drug-likeness (QED) is 0.221. The summed E-state index contributed by atoms with van der Waals surface area (Å²) in [7, 11) is 1.70. The summed E-state index contributed by atoms with van der Waals surface area (Å²) in [6.07, 6.45) is 4.89. The maximum atomic E-state index is 6.16. The van der Waals surface area contributed by atoms with Gasteiger partial charge in [-0.2, -0.15) is 0 Å². The highest BCUT2D eigenvalue weighted by Crippen LogP contribution is 2.26. The highest BCUT2D eigenvalue weighted by molar-refractivity contribution is 14.0. The fourth-order valence-corrected chi connectivity index (χ4v) is 4.07. The molecule has 2 fully saturated rings. The summed E-state index contributed by atoms with van der Waals surface area (Å²) in [4.78, 5) is 9.66. The number of methoxy groups -OCH3 is 1. The Morgan fingerprint density at radius 1 is 1.13 bits per heavy atom. The number of benzene rings is 1. The zero-order valence-electron chi connectivity index (χ0n) is 18.2. The summed E-state index contributed by atoms with van der Waals surface area (Å²) in [5, 5.41) is 3.28. The molecule has 170 valence electrons. The number of halogens is 1. The first-order valence-corrected chi connectivity index (χ1v) is 11.0. The summed E-state index contributed by atoms with van der Waals surface area (Å²) in [6, 6.07) is 8.63. The third-order valence-corrected chi connectivity index (χ3v) is 5.83. The Kier molecular flexibility index (Phi) is 11.8. The number of morpholine rings is 1. The van der Waals surface area contributed by atoms with Crippen molar-refractivity contribution in [3.63, 3.8) is 0 Å². The molecule has 3 N–H and O–H groups in total. The Bertz CT molecular complexity index is 616. The fraction of sp³-hybridized carbons (Fsp3) is 0.682. The summed E-state index contributed by atoms with van der Waals surface area (Å²) in [5.74, 6) is 1.43. The van der Waals surface area contributed by atoms with E-state index in [1.54, 1.807) is 7.11 Å². The Hall–Kier alpha value is -1.10. The van der Waals surface area contributed by atoms with E-state index in [9.17, 15) is 0 Å². The molecule has 30 heavy (non-hydrogen) atoms. The third-order valence-electron chi connectivity index (χ3n) is 5.83. The molecule has 3 rings (SSSR count). The van der Waals surface area contributed by atoms with Crippen LogP contribution in [0, 0.1) is 0 Å². The Labute approximate surface area is 198 Å². The van der Waals surface area contributed by atoms with Gasteiger partial charge < -0.3 is 20.5 Å². The van der Waals surface area contributed by atoms with Crippen LogP contribution in [0.25, 0.3) is 0 Å². The summed E-state index contributed by atoms with van der Waals surface area (Å²) < 4.78 is 10.7. The maximum absolute atomic E-state index is 6.16. The van der Waals surface area contributed by atoms with Gasteiger partial charge in [0.25, 0.3) is 0 Å². The van der Waals surface area contributed by atoms with Crippen molar-refractivity contribution in [1.29, 1.82) is 0 Å². The molecule has 0 amide bonds. The van der Waals surface area contributed by atoms with Gasteiger partial charge in [0, 0.05) is 19.6 Å². The molecule has 1 atom stereocenters. The lowest BCUT2D eigenvalue weighted by Crippen LogP contribution is -2.39. The van der Waals surface area contributed by atoms with E-state index in [0.29, 0.717) is 12.5 Å². The lowest BCUT2D eigenvalue weighted by molar-refractivity contribution is 0.0376. The standard InChI is InChI=1S/C22H37N5O2.HI/c1-28-20-8-6-19(7-9-20)21(27-12-3-2-4-13-27)18-25-22(23)24-10-5-11-26-14-16-29-17-15-26;/h6-9,21H,2-5,10-18H2,1H3,(H3,23,24,25);1H. The van der Waals surface area contributed by atoms with Gasteiger partial charge in [-0.1, -0.05) is 18.6 Å². The number of ether oxygens (including phenoxy) is 2. The van der Waals surface area contributed by atoms with Crippen molar-refractivity contribution in [2.75, 3.05) is 66.1 Å². The molecule has 0 bridgehead atoms. The van der Waals surface area contributed by atoms with E-state index >= 15 is 0 Å². The topological polar surface area (TPSA) is 75.3 Å². The first kappa shape index (κ1) is 25.2. The second-order valence-electron chi connectivity index (χ2n) is 7.85. The number of rotatable bonds is 9. The third kappa shape index (κ3) is 8.20. The van der Waals surface area contributed by atoms with Gasteiger partial charge in [-0.25, -0.2) is 0 Å². The van der Waals surface area contributed by atoms with E-state index in [1.165, 1.54) is 24.8 Å². The molecule has 1 aromatic rings. The van der Waals surface area contributed by atoms with Gasteiger partial charge in [-0.15, -0.1) is 24.0 Å². The molecular formula is C22H38IN5O2. The first-order chi connectivity index (χ1) is 14.3. The molecule has 0 radical (unpaired) electrons. The number of nitrogens with two attached hydrogens (primary N) is 1. The highest BCUT2D eigenvalue weighted by Gasteiger charge is 2.22. The smallest absolute Gasteiger partial charge is 0.188 e. The van der Waals surface area contributed by atoms with Crippen molar-refractivity contribution >= 4 is 29.9 Å². The average molecular weight is 531 g/mol. The monoisotopic (exact) mass is 531 g/mol. The number of hydrogen-bond donors (Lipinski definition) is 2. The van der Waals surface area contributed by atoms with Crippen molar-refractivity contribution < 1.29 is 9.47 Å². The number of nitrogens with zero attached hydrogens (tertiary/aromatic N) is 3. The molecule has 0 spiro atoms. The molecule has 2 saturated heterocycles. The normalized spacial score (nSPS) is 19.7. The largest absolute Gasteiger partial charge is 0.497 e. The van der Waals surface area contributed by atoms with Gasteiger partial charge in [0.05, 0.1) is 32.9 Å². The van der Waals surface area contributed by atoms with Crippen LogP contribution in [0.1, 0.15) is 37.3 Å². The molecule has 2 aliphatic heterocycles. The minimum atomic E-state index is 0. The van der Waals surface area contributed by atoms with Gasteiger partial charge in [0.2, 0.25) is 0 Å². The van der Waals surface area contributed by atoms with Gasteiger partial charge in [-0.3, -0.25) is 14.8 Å². The van der Waals surface area contributed by atoms with Gasteiger partial charge >= 0.3 is 0 Å². The van der Waals surface area contributed by atoms with Crippen LogP contribution in [0.5, 0.6) is 5.75 Å². The molecule has 2 heterocycles. The van der Waals surface area contributed by atoms with Crippen molar-refractivity contribution in [2.45, 2.75) is 31.7 Å². The number of nitrogens with one attached hydrogen (secondary N) is 1. The van der Waals surface area contributed by atoms with Crippen LogP contribution in [-0.2, 0) is 4.74 Å². The zero-order chi connectivity index (χ0) is 20.3. The van der Waals surface area contributed by atoms with E-state index in [4.69, 9.17) is 15.2 Å². The number of likely N-dealkylation sites (tertiary alicyclic amines) is 1. The number of piperidine rings is 1. The molecule has 0 aromatic heterocycles. The van der Waals surface area contributed by atoms with Crippen molar-refractivity contribution in [3.8, 4) is 5.75 Å².